The molecular weight excluding hydrogens is 504 g/mol. The van der Waals surface area contributed by atoms with Crippen molar-refractivity contribution in [3.8, 4) is 11.4 Å². The molecule has 1 unspecified atom stereocenters. The predicted molar refractivity (Wildman–Crippen MR) is 148 cm³/mol. The maximum Gasteiger partial charge on any atom is 0.241 e. The van der Waals surface area contributed by atoms with E-state index in [1.807, 2.05) is 92.9 Å². The first-order chi connectivity index (χ1) is 17.6. The van der Waals surface area contributed by atoms with E-state index in [4.69, 9.17) is 4.74 Å². The van der Waals surface area contributed by atoms with Gasteiger partial charge in [0.2, 0.25) is 10.0 Å². The van der Waals surface area contributed by atoms with Crippen molar-refractivity contribution < 1.29 is 13.2 Å². The molecule has 7 nitrogen and oxygen atoms in total. The van der Waals surface area contributed by atoms with Crippen LogP contribution in [0.5, 0.6) is 5.75 Å². The molecule has 4 rings (SSSR count). The second-order valence-electron chi connectivity index (χ2n) is 9.22. The molecule has 1 N–H and O–H groups in total. The summed E-state index contributed by atoms with van der Waals surface area (Å²) in [5.74, 6) is 1.97. The van der Waals surface area contributed by atoms with E-state index in [9.17, 15) is 8.42 Å². The zero-order valence-corrected chi connectivity index (χ0v) is 23.6. The summed E-state index contributed by atoms with van der Waals surface area (Å²) in [6.45, 7) is 9.42. The van der Waals surface area contributed by atoms with Crippen LogP contribution in [0, 0.1) is 27.7 Å². The first-order valence-corrected chi connectivity index (χ1v) is 14.4. The molecule has 0 spiro atoms. The fraction of sp³-hybridized carbons (Fsp3) is 0.286. The molecule has 1 atom stereocenters. The minimum atomic E-state index is -3.80. The molecule has 0 radical (unpaired) electrons. The topological polar surface area (TPSA) is 86.1 Å². The van der Waals surface area contributed by atoms with E-state index in [-0.39, 0.29) is 0 Å². The van der Waals surface area contributed by atoms with Crippen molar-refractivity contribution in [2.24, 2.45) is 0 Å². The van der Waals surface area contributed by atoms with Gasteiger partial charge in [-0.3, -0.25) is 4.57 Å². The second-order valence-corrected chi connectivity index (χ2v) is 11.8. The van der Waals surface area contributed by atoms with Gasteiger partial charge >= 0.3 is 0 Å². The van der Waals surface area contributed by atoms with Crippen molar-refractivity contribution >= 4 is 21.8 Å². The van der Waals surface area contributed by atoms with Crippen LogP contribution in [0.1, 0.15) is 46.6 Å². The number of nitrogens with one attached hydrogen (secondary N) is 1. The van der Waals surface area contributed by atoms with E-state index < -0.39 is 16.1 Å². The summed E-state index contributed by atoms with van der Waals surface area (Å²) in [5.41, 5.74) is 5.54. The third-order valence-corrected chi connectivity index (χ3v) is 8.89. The Bertz CT molecular complexity index is 1490. The minimum absolute atomic E-state index is 0.305. The maximum absolute atomic E-state index is 13.5. The van der Waals surface area contributed by atoms with E-state index in [1.165, 1.54) is 11.8 Å². The van der Waals surface area contributed by atoms with Gasteiger partial charge in [0.05, 0.1) is 18.0 Å². The molecule has 0 amide bonds. The van der Waals surface area contributed by atoms with E-state index in [0.717, 1.165) is 28.1 Å². The van der Waals surface area contributed by atoms with Gasteiger partial charge in [0.25, 0.3) is 0 Å². The Morgan fingerprint density at radius 3 is 2.27 bits per heavy atom. The summed E-state index contributed by atoms with van der Waals surface area (Å²) in [4.78, 5) is 0.305. The Morgan fingerprint density at radius 1 is 0.946 bits per heavy atom. The summed E-state index contributed by atoms with van der Waals surface area (Å²) in [7, 11) is -2.15. The Kier molecular flexibility index (Phi) is 8.06. The first kappa shape index (κ1) is 26.9. The number of nitrogens with zero attached hydrogens (tertiary/aromatic N) is 3. The van der Waals surface area contributed by atoms with Crippen LogP contribution >= 0.6 is 11.8 Å². The second kappa shape index (κ2) is 11.1. The molecule has 9 heteroatoms. The molecule has 0 saturated carbocycles. The van der Waals surface area contributed by atoms with Gasteiger partial charge in [-0.15, -0.1) is 10.2 Å². The van der Waals surface area contributed by atoms with Crippen LogP contribution in [0.25, 0.3) is 5.69 Å². The lowest BCUT2D eigenvalue weighted by Gasteiger charge is -2.18. The molecule has 0 saturated heterocycles. The highest BCUT2D eigenvalue weighted by atomic mass is 32.2. The molecule has 0 aliphatic heterocycles. The average Bonchev–Trinajstić information content (AvgIpc) is 3.26. The van der Waals surface area contributed by atoms with Crippen LogP contribution in [-0.2, 0) is 15.8 Å². The number of ether oxygens (including phenoxy) is 1. The van der Waals surface area contributed by atoms with Gasteiger partial charge in [-0.2, -0.15) is 0 Å². The zero-order valence-electron chi connectivity index (χ0n) is 21.9. The smallest absolute Gasteiger partial charge is 0.241 e. The molecule has 0 aliphatic rings. The average molecular weight is 537 g/mol. The maximum atomic E-state index is 13.5. The highest BCUT2D eigenvalue weighted by Crippen LogP contribution is 2.30. The van der Waals surface area contributed by atoms with Crippen molar-refractivity contribution in [2.75, 3.05) is 7.11 Å². The minimum Gasteiger partial charge on any atom is -0.497 e. The van der Waals surface area contributed by atoms with Crippen LogP contribution in [0.3, 0.4) is 0 Å². The summed E-state index contributed by atoms with van der Waals surface area (Å²) < 4.78 is 37.0. The number of benzene rings is 3. The molecule has 37 heavy (non-hydrogen) atoms. The van der Waals surface area contributed by atoms with Gasteiger partial charge in [0, 0.05) is 11.4 Å². The van der Waals surface area contributed by atoms with Crippen molar-refractivity contribution in [3.05, 3.63) is 94.3 Å². The Hall–Kier alpha value is -3.14. The SMILES string of the molecule is COc1cccc(CSc2nnc(C(C)NS(=O)(=O)c3c(C)cc(C)cc3C)n2-c2ccc(C)cc2)c1. The molecule has 1 heterocycles. The predicted octanol–water partition coefficient (Wildman–Crippen LogP) is 5.84. The fourth-order valence-electron chi connectivity index (χ4n) is 4.44. The first-order valence-electron chi connectivity index (χ1n) is 12.0. The number of hydrogen-bond donors (Lipinski definition) is 1. The van der Waals surface area contributed by atoms with Gasteiger partial charge in [-0.05, 0) is 75.6 Å². The number of sulfonamides is 1. The van der Waals surface area contributed by atoms with E-state index >= 15 is 0 Å². The van der Waals surface area contributed by atoms with Crippen LogP contribution in [0.2, 0.25) is 0 Å². The van der Waals surface area contributed by atoms with E-state index in [2.05, 4.69) is 14.9 Å². The van der Waals surface area contributed by atoms with Crippen LogP contribution in [0.4, 0.5) is 0 Å². The van der Waals surface area contributed by atoms with Gasteiger partial charge in [-0.1, -0.05) is 59.3 Å². The van der Waals surface area contributed by atoms with Crippen molar-refractivity contribution in [1.82, 2.24) is 19.5 Å². The van der Waals surface area contributed by atoms with Gasteiger partial charge in [0.1, 0.15) is 5.75 Å². The summed E-state index contributed by atoms with van der Waals surface area (Å²) >= 11 is 1.53. The van der Waals surface area contributed by atoms with Crippen LogP contribution in [0.15, 0.2) is 70.7 Å². The molecule has 194 valence electrons. The highest BCUT2D eigenvalue weighted by molar-refractivity contribution is 7.98. The normalized spacial score (nSPS) is 12.5. The molecule has 0 aliphatic carbocycles. The van der Waals surface area contributed by atoms with Gasteiger partial charge in [0.15, 0.2) is 11.0 Å². The monoisotopic (exact) mass is 536 g/mol. The largest absolute Gasteiger partial charge is 0.497 e. The molecule has 0 fully saturated rings. The lowest BCUT2D eigenvalue weighted by Crippen LogP contribution is -2.30. The number of aryl methyl sites for hydroxylation is 4. The molecule has 1 aromatic heterocycles. The van der Waals surface area contributed by atoms with Gasteiger partial charge in [-0.25, -0.2) is 13.1 Å². The Labute approximate surface area is 223 Å². The number of methoxy groups -OCH3 is 1. The van der Waals surface area contributed by atoms with Gasteiger partial charge < -0.3 is 4.74 Å². The third kappa shape index (κ3) is 6.06. The Morgan fingerprint density at radius 2 is 1.62 bits per heavy atom. The van der Waals surface area contributed by atoms with Crippen LogP contribution < -0.4 is 9.46 Å². The summed E-state index contributed by atoms with van der Waals surface area (Å²) in [6, 6.07) is 19.1. The number of rotatable bonds is 9. The third-order valence-electron chi connectivity index (χ3n) is 6.05. The number of thioether (sulfide) groups is 1. The molecule has 0 bridgehead atoms. The highest BCUT2D eigenvalue weighted by Gasteiger charge is 2.27. The zero-order chi connectivity index (χ0) is 26.7. The van der Waals surface area contributed by atoms with Crippen LogP contribution in [-0.4, -0.2) is 30.3 Å². The van der Waals surface area contributed by atoms with E-state index in [0.29, 0.717) is 32.8 Å². The quantitative estimate of drug-likeness (QED) is 0.271. The number of hydrogen-bond acceptors (Lipinski definition) is 6. The molecular formula is C28H32N4O3S2. The van der Waals surface area contributed by atoms with E-state index in [1.54, 1.807) is 14.0 Å². The summed E-state index contributed by atoms with van der Waals surface area (Å²) in [5, 5.41) is 9.57. The Balaban J connectivity index is 1.68. The molecule has 4 aromatic rings. The van der Waals surface area contributed by atoms with Crippen molar-refractivity contribution in [1.29, 1.82) is 0 Å². The fourth-order valence-corrected chi connectivity index (χ4v) is 6.99. The molecule has 3 aromatic carbocycles. The summed E-state index contributed by atoms with van der Waals surface area (Å²) in [6.07, 6.45) is 0. The van der Waals surface area contributed by atoms with Crippen molar-refractivity contribution in [2.45, 2.75) is 56.5 Å². The van der Waals surface area contributed by atoms with Crippen molar-refractivity contribution in [3.63, 3.8) is 0 Å². The standard InChI is InChI=1S/C28H32N4O3S2/c1-18-10-12-24(13-11-18)32-27(29-30-28(32)36-17-23-8-7-9-25(16-23)35-6)22(5)31-37(33,34)26-20(3)14-19(2)15-21(26)4/h7-16,22,31H,17H2,1-6H3. The number of aromatic nitrogens is 3. The lowest BCUT2D eigenvalue weighted by molar-refractivity contribution is 0.414. The lowest BCUT2D eigenvalue weighted by atomic mass is 10.1.